The van der Waals surface area contributed by atoms with Gasteiger partial charge in [0.2, 0.25) is 0 Å². The van der Waals surface area contributed by atoms with Crippen LogP contribution in [0.2, 0.25) is 0 Å². The van der Waals surface area contributed by atoms with Crippen LogP contribution in [-0.2, 0) is 14.4 Å². The van der Waals surface area contributed by atoms with Gasteiger partial charge in [0.05, 0.1) is 12.8 Å². The number of imide groups is 2. The van der Waals surface area contributed by atoms with Gasteiger partial charge in [0.25, 0.3) is 17.7 Å². The Morgan fingerprint density at radius 1 is 1.00 bits per heavy atom. The molecule has 2 N–H and O–H groups in total. The number of carbonyl (C=O) groups excluding carboxylic acids is 4. The van der Waals surface area contributed by atoms with Crippen molar-refractivity contribution >= 4 is 57.1 Å². The Labute approximate surface area is 214 Å². The summed E-state index contributed by atoms with van der Waals surface area (Å²) in [6, 6.07) is 19.1. The lowest BCUT2D eigenvalue weighted by Gasteiger charge is -2.26. The molecular weight excluding hydrogens is 530 g/mol. The van der Waals surface area contributed by atoms with Crippen molar-refractivity contribution in [2.45, 2.75) is 0 Å². The van der Waals surface area contributed by atoms with E-state index in [9.17, 15) is 19.2 Å². The number of nitrogens with one attached hydrogen (secondary N) is 2. The number of ether oxygens (including phenoxy) is 2. The van der Waals surface area contributed by atoms with E-state index in [0.717, 1.165) is 9.37 Å². The molecule has 0 aliphatic carbocycles. The number of rotatable bonds is 7. The largest absolute Gasteiger partial charge is 0.497 e. The second-order valence-electron chi connectivity index (χ2n) is 7.54. The summed E-state index contributed by atoms with van der Waals surface area (Å²) in [5.41, 5.74) is 1.01. The highest BCUT2D eigenvalue weighted by molar-refractivity contribution is 9.10. The maximum Gasteiger partial charge on any atom is 0.335 e. The van der Waals surface area contributed by atoms with Crippen LogP contribution in [-0.4, -0.2) is 37.5 Å². The maximum absolute atomic E-state index is 13.1. The Morgan fingerprint density at radius 3 is 2.39 bits per heavy atom. The highest BCUT2D eigenvalue weighted by Gasteiger charge is 2.37. The fraction of sp³-hybridized carbons (Fsp3) is 0.0769. The summed E-state index contributed by atoms with van der Waals surface area (Å²) in [5, 5.41) is 4.89. The predicted octanol–water partition coefficient (Wildman–Crippen LogP) is 4.14. The van der Waals surface area contributed by atoms with Crippen LogP contribution < -0.4 is 25.0 Å². The molecule has 0 bridgehead atoms. The number of methoxy groups -OCH3 is 1. The van der Waals surface area contributed by atoms with Crippen molar-refractivity contribution in [3.8, 4) is 11.5 Å². The molecule has 1 heterocycles. The van der Waals surface area contributed by atoms with E-state index in [0.29, 0.717) is 22.7 Å². The van der Waals surface area contributed by atoms with E-state index >= 15 is 0 Å². The molecule has 10 heteroatoms. The van der Waals surface area contributed by atoms with Gasteiger partial charge in [0.1, 0.15) is 17.1 Å². The van der Waals surface area contributed by atoms with Crippen LogP contribution in [0.15, 0.2) is 82.8 Å². The zero-order valence-corrected chi connectivity index (χ0v) is 20.6. The molecule has 0 spiro atoms. The number of urea groups is 1. The molecule has 0 saturated carbocycles. The Balaban J connectivity index is 1.51. The van der Waals surface area contributed by atoms with Gasteiger partial charge < -0.3 is 14.8 Å². The van der Waals surface area contributed by atoms with E-state index in [4.69, 9.17) is 9.47 Å². The first kappa shape index (κ1) is 24.7. The lowest BCUT2D eigenvalue weighted by atomic mass is 10.1. The molecule has 1 aliphatic rings. The predicted molar refractivity (Wildman–Crippen MR) is 137 cm³/mol. The van der Waals surface area contributed by atoms with Gasteiger partial charge in [0.15, 0.2) is 6.61 Å². The van der Waals surface area contributed by atoms with E-state index in [2.05, 4.69) is 26.6 Å². The van der Waals surface area contributed by atoms with E-state index in [-0.39, 0.29) is 17.9 Å². The second kappa shape index (κ2) is 10.9. The Hall–Kier alpha value is -4.44. The second-order valence-corrected chi connectivity index (χ2v) is 8.45. The molecule has 5 amide bonds. The number of barbiturate groups is 1. The number of anilines is 2. The number of para-hydroxylation sites is 1. The fourth-order valence-electron chi connectivity index (χ4n) is 3.38. The van der Waals surface area contributed by atoms with Gasteiger partial charge in [-0.05, 0) is 60.7 Å². The van der Waals surface area contributed by atoms with Crippen LogP contribution in [0, 0.1) is 0 Å². The van der Waals surface area contributed by atoms with E-state index in [1.54, 1.807) is 79.9 Å². The molecule has 3 aromatic rings. The minimum Gasteiger partial charge on any atom is -0.497 e. The minimum atomic E-state index is -0.843. The number of hydrogen-bond acceptors (Lipinski definition) is 6. The Morgan fingerprint density at radius 2 is 1.69 bits per heavy atom. The van der Waals surface area contributed by atoms with Gasteiger partial charge in [0, 0.05) is 15.7 Å². The zero-order valence-electron chi connectivity index (χ0n) is 19.0. The Kier molecular flexibility index (Phi) is 7.45. The van der Waals surface area contributed by atoms with Gasteiger partial charge in [-0.25, -0.2) is 9.69 Å². The monoisotopic (exact) mass is 549 g/mol. The van der Waals surface area contributed by atoms with E-state index in [1.165, 1.54) is 6.08 Å². The standard InChI is InChI=1S/C26H20BrN3O6/c1-35-20-12-8-18(9-13-20)28-23(31)15-36-22-5-3-2-4-16(22)14-21-24(32)29-26(34)30(25(21)33)19-10-6-17(27)7-11-19/h2-14H,15H2,1H3,(H,28,31)(H,29,32,34)/b21-14+. The lowest BCUT2D eigenvalue weighted by Crippen LogP contribution is -2.54. The first-order valence-corrected chi connectivity index (χ1v) is 11.5. The molecule has 1 fully saturated rings. The number of carbonyl (C=O) groups is 4. The molecule has 9 nitrogen and oxygen atoms in total. The summed E-state index contributed by atoms with van der Waals surface area (Å²) in [4.78, 5) is 51.2. The smallest absolute Gasteiger partial charge is 0.335 e. The van der Waals surface area contributed by atoms with Crippen LogP contribution in [0.5, 0.6) is 11.5 Å². The zero-order chi connectivity index (χ0) is 25.7. The molecule has 182 valence electrons. The quantitative estimate of drug-likeness (QED) is 0.338. The third kappa shape index (κ3) is 5.61. The summed E-state index contributed by atoms with van der Waals surface area (Å²) in [6.07, 6.45) is 1.33. The number of halogens is 1. The van der Waals surface area contributed by atoms with Crippen molar-refractivity contribution < 1.29 is 28.7 Å². The average molecular weight is 550 g/mol. The third-order valence-electron chi connectivity index (χ3n) is 5.14. The highest BCUT2D eigenvalue weighted by atomic mass is 79.9. The van der Waals surface area contributed by atoms with Crippen molar-refractivity contribution in [1.29, 1.82) is 0 Å². The van der Waals surface area contributed by atoms with Crippen LogP contribution in [0.1, 0.15) is 5.56 Å². The van der Waals surface area contributed by atoms with Crippen molar-refractivity contribution in [1.82, 2.24) is 5.32 Å². The van der Waals surface area contributed by atoms with Crippen molar-refractivity contribution in [2.24, 2.45) is 0 Å². The van der Waals surface area contributed by atoms with Crippen molar-refractivity contribution in [3.63, 3.8) is 0 Å². The summed E-state index contributed by atoms with van der Waals surface area (Å²) in [6.45, 7) is -0.310. The molecule has 0 aromatic heterocycles. The first-order chi connectivity index (χ1) is 17.4. The molecule has 36 heavy (non-hydrogen) atoms. The van der Waals surface area contributed by atoms with Crippen LogP contribution in [0.25, 0.3) is 6.08 Å². The first-order valence-electron chi connectivity index (χ1n) is 10.7. The summed E-state index contributed by atoms with van der Waals surface area (Å²) >= 11 is 3.31. The van der Waals surface area contributed by atoms with Gasteiger partial charge in [-0.3, -0.25) is 19.7 Å². The van der Waals surface area contributed by atoms with Crippen LogP contribution in [0.4, 0.5) is 16.2 Å². The third-order valence-corrected chi connectivity index (χ3v) is 5.67. The highest BCUT2D eigenvalue weighted by Crippen LogP contribution is 2.26. The molecule has 1 saturated heterocycles. The van der Waals surface area contributed by atoms with Gasteiger partial charge in [-0.1, -0.05) is 34.1 Å². The Bertz CT molecular complexity index is 1350. The SMILES string of the molecule is COc1ccc(NC(=O)COc2ccccc2/C=C2\C(=O)NC(=O)N(c3ccc(Br)cc3)C2=O)cc1. The maximum atomic E-state index is 13.1. The topological polar surface area (TPSA) is 114 Å². The van der Waals surface area contributed by atoms with Crippen molar-refractivity contribution in [3.05, 3.63) is 88.4 Å². The molecule has 0 radical (unpaired) electrons. The number of amides is 5. The van der Waals surface area contributed by atoms with E-state index < -0.39 is 23.8 Å². The number of nitrogens with zero attached hydrogens (tertiary/aromatic N) is 1. The van der Waals surface area contributed by atoms with Crippen molar-refractivity contribution in [2.75, 3.05) is 23.9 Å². The summed E-state index contributed by atoms with van der Waals surface area (Å²) < 4.78 is 11.5. The van der Waals surface area contributed by atoms with Gasteiger partial charge in [-0.15, -0.1) is 0 Å². The molecule has 3 aromatic carbocycles. The summed E-state index contributed by atoms with van der Waals surface area (Å²) in [5.74, 6) is -1.07. The van der Waals surface area contributed by atoms with E-state index in [1.807, 2.05) is 0 Å². The lowest BCUT2D eigenvalue weighted by molar-refractivity contribution is -0.122. The minimum absolute atomic E-state index is 0.253. The molecule has 0 unspecified atom stereocenters. The van der Waals surface area contributed by atoms with Crippen LogP contribution in [0.3, 0.4) is 0 Å². The average Bonchev–Trinajstić information content (AvgIpc) is 2.87. The number of benzene rings is 3. The van der Waals surface area contributed by atoms with Gasteiger partial charge >= 0.3 is 6.03 Å². The molecule has 0 atom stereocenters. The molecule has 4 rings (SSSR count). The fourth-order valence-corrected chi connectivity index (χ4v) is 3.65. The normalized spacial score (nSPS) is 14.4. The molecular formula is C26H20BrN3O6. The molecule has 1 aliphatic heterocycles. The van der Waals surface area contributed by atoms with Crippen LogP contribution >= 0.6 is 15.9 Å². The summed E-state index contributed by atoms with van der Waals surface area (Å²) in [7, 11) is 1.55. The van der Waals surface area contributed by atoms with Gasteiger partial charge in [-0.2, -0.15) is 0 Å². The number of hydrogen-bond donors (Lipinski definition) is 2.